The van der Waals surface area contributed by atoms with Crippen LogP contribution in [0.4, 0.5) is 0 Å². The monoisotopic (exact) mass is 303 g/mol. The molecule has 1 heterocycles. The second-order valence-electron chi connectivity index (χ2n) is 6.24. The number of sulfone groups is 1. The Morgan fingerprint density at radius 2 is 1.75 bits per heavy atom. The van der Waals surface area contributed by atoms with Gasteiger partial charge in [0.15, 0.2) is 9.84 Å². The fourth-order valence-corrected chi connectivity index (χ4v) is 5.22. The first-order chi connectivity index (χ1) is 9.46. The van der Waals surface area contributed by atoms with Gasteiger partial charge in [-0.25, -0.2) is 8.42 Å². The lowest BCUT2D eigenvalue weighted by Gasteiger charge is -2.30. The number of aliphatic carboxylic acids is 1. The predicted octanol–water partition coefficient (Wildman–Crippen LogP) is 1.53. The van der Waals surface area contributed by atoms with Gasteiger partial charge in [-0.05, 0) is 25.2 Å². The van der Waals surface area contributed by atoms with Gasteiger partial charge in [0.2, 0.25) is 0 Å². The third-order valence-corrected chi connectivity index (χ3v) is 6.28. The van der Waals surface area contributed by atoms with Gasteiger partial charge < -0.3 is 5.11 Å². The number of hydrogen-bond donors (Lipinski definition) is 1. The molecule has 0 bridgehead atoms. The highest BCUT2D eigenvalue weighted by Gasteiger charge is 2.34. The molecule has 1 saturated heterocycles. The number of carbonyl (C=O) groups is 1. The molecule has 0 spiro atoms. The summed E-state index contributed by atoms with van der Waals surface area (Å²) in [6.07, 6.45) is 7.86. The highest BCUT2D eigenvalue weighted by molar-refractivity contribution is 7.91. The van der Waals surface area contributed by atoms with Gasteiger partial charge in [0.1, 0.15) is 0 Å². The topological polar surface area (TPSA) is 74.7 Å². The SMILES string of the molecule is O=C(O)CN(CC1CCCCCC1)C1CCS(=O)(=O)C1. The largest absolute Gasteiger partial charge is 0.480 e. The zero-order valence-electron chi connectivity index (χ0n) is 12.0. The van der Waals surface area contributed by atoms with E-state index in [2.05, 4.69) is 0 Å². The number of hydrogen-bond acceptors (Lipinski definition) is 4. The van der Waals surface area contributed by atoms with Crippen LogP contribution in [0.25, 0.3) is 0 Å². The van der Waals surface area contributed by atoms with Crippen molar-refractivity contribution in [3.63, 3.8) is 0 Å². The van der Waals surface area contributed by atoms with Gasteiger partial charge in [-0.1, -0.05) is 25.7 Å². The molecule has 0 aromatic carbocycles. The average Bonchev–Trinajstić information content (AvgIpc) is 2.58. The number of rotatable bonds is 5. The van der Waals surface area contributed by atoms with Crippen LogP contribution in [0.2, 0.25) is 0 Å². The maximum atomic E-state index is 11.6. The van der Waals surface area contributed by atoms with Gasteiger partial charge in [0.25, 0.3) is 0 Å². The van der Waals surface area contributed by atoms with E-state index in [9.17, 15) is 13.2 Å². The summed E-state index contributed by atoms with van der Waals surface area (Å²) in [4.78, 5) is 13.0. The van der Waals surface area contributed by atoms with E-state index in [0.717, 1.165) is 19.4 Å². The molecule has 0 amide bonds. The molecule has 2 aliphatic rings. The number of carboxylic acids is 1. The Bertz CT molecular complexity index is 426. The standard InChI is InChI=1S/C14H25NO4S/c16-14(17)10-15(13-7-8-20(18,19)11-13)9-12-5-3-1-2-4-6-12/h12-13H,1-11H2,(H,16,17). The van der Waals surface area contributed by atoms with Gasteiger partial charge in [0, 0.05) is 12.6 Å². The quantitative estimate of drug-likeness (QED) is 0.780. The van der Waals surface area contributed by atoms with Crippen molar-refractivity contribution in [1.82, 2.24) is 4.90 Å². The second kappa shape index (κ2) is 6.89. The molecule has 2 fully saturated rings. The molecule has 1 aliphatic heterocycles. The Kier molecular flexibility index (Phi) is 5.43. The lowest BCUT2D eigenvalue weighted by molar-refractivity contribution is -0.139. The lowest BCUT2D eigenvalue weighted by atomic mass is 9.99. The van der Waals surface area contributed by atoms with Crippen LogP contribution < -0.4 is 0 Å². The first-order valence-corrected chi connectivity index (χ1v) is 9.45. The van der Waals surface area contributed by atoms with Gasteiger partial charge in [-0.2, -0.15) is 0 Å². The smallest absolute Gasteiger partial charge is 0.317 e. The molecule has 1 unspecified atom stereocenters. The van der Waals surface area contributed by atoms with E-state index in [1.165, 1.54) is 25.7 Å². The van der Waals surface area contributed by atoms with Gasteiger partial charge in [0.05, 0.1) is 18.1 Å². The molecule has 20 heavy (non-hydrogen) atoms. The third-order valence-electron chi connectivity index (χ3n) is 4.53. The summed E-state index contributed by atoms with van der Waals surface area (Å²) in [6.45, 7) is 0.711. The van der Waals surface area contributed by atoms with Crippen LogP contribution in [-0.2, 0) is 14.6 Å². The minimum atomic E-state index is -2.96. The molecule has 1 saturated carbocycles. The predicted molar refractivity (Wildman–Crippen MR) is 77.5 cm³/mol. The van der Waals surface area contributed by atoms with Crippen molar-refractivity contribution in [3.05, 3.63) is 0 Å². The third kappa shape index (κ3) is 4.74. The van der Waals surface area contributed by atoms with E-state index < -0.39 is 15.8 Å². The Balaban J connectivity index is 1.97. The first-order valence-electron chi connectivity index (χ1n) is 7.62. The minimum absolute atomic E-state index is 0.0311. The average molecular weight is 303 g/mol. The summed E-state index contributed by atoms with van der Waals surface area (Å²) < 4.78 is 23.2. The number of carboxylic acid groups (broad SMARTS) is 1. The van der Waals surface area contributed by atoms with Crippen molar-refractivity contribution in [2.24, 2.45) is 5.92 Å². The van der Waals surface area contributed by atoms with Crippen LogP contribution in [0.15, 0.2) is 0 Å². The zero-order valence-corrected chi connectivity index (χ0v) is 12.8. The summed E-state index contributed by atoms with van der Waals surface area (Å²) in [7, 11) is -2.96. The minimum Gasteiger partial charge on any atom is -0.480 e. The van der Waals surface area contributed by atoms with Crippen LogP contribution in [0.1, 0.15) is 44.9 Å². The number of nitrogens with zero attached hydrogens (tertiary/aromatic N) is 1. The van der Waals surface area contributed by atoms with E-state index in [4.69, 9.17) is 5.11 Å². The first kappa shape index (κ1) is 15.8. The maximum absolute atomic E-state index is 11.6. The molecule has 1 aliphatic carbocycles. The van der Waals surface area contributed by atoms with Crippen molar-refractivity contribution in [3.8, 4) is 0 Å². The maximum Gasteiger partial charge on any atom is 0.317 e. The van der Waals surface area contributed by atoms with Crippen molar-refractivity contribution in [1.29, 1.82) is 0 Å². The molecule has 5 nitrogen and oxygen atoms in total. The van der Waals surface area contributed by atoms with E-state index in [-0.39, 0.29) is 24.1 Å². The van der Waals surface area contributed by atoms with Crippen LogP contribution >= 0.6 is 0 Å². The molecule has 0 radical (unpaired) electrons. The summed E-state index contributed by atoms with van der Waals surface area (Å²) in [6, 6.07) is -0.0978. The van der Waals surface area contributed by atoms with Crippen molar-refractivity contribution >= 4 is 15.8 Å². The van der Waals surface area contributed by atoms with E-state index in [1.54, 1.807) is 0 Å². The zero-order chi connectivity index (χ0) is 14.6. The Morgan fingerprint density at radius 3 is 2.25 bits per heavy atom. The molecule has 0 aromatic rings. The summed E-state index contributed by atoms with van der Waals surface area (Å²) in [5, 5.41) is 9.07. The Hall–Kier alpha value is -0.620. The molecular weight excluding hydrogens is 278 g/mol. The van der Waals surface area contributed by atoms with Crippen molar-refractivity contribution in [2.75, 3.05) is 24.6 Å². The highest BCUT2D eigenvalue weighted by atomic mass is 32.2. The molecular formula is C14H25NO4S. The van der Waals surface area contributed by atoms with E-state index in [0.29, 0.717) is 12.3 Å². The van der Waals surface area contributed by atoms with Crippen molar-refractivity contribution in [2.45, 2.75) is 51.0 Å². The molecule has 0 aromatic heterocycles. The normalized spacial score (nSPS) is 27.6. The van der Waals surface area contributed by atoms with Crippen LogP contribution in [0.5, 0.6) is 0 Å². The second-order valence-corrected chi connectivity index (χ2v) is 8.47. The van der Waals surface area contributed by atoms with Gasteiger partial charge >= 0.3 is 5.97 Å². The molecule has 6 heteroatoms. The van der Waals surface area contributed by atoms with E-state index >= 15 is 0 Å². The van der Waals surface area contributed by atoms with Crippen LogP contribution in [-0.4, -0.2) is 55.0 Å². The van der Waals surface area contributed by atoms with Gasteiger partial charge in [-0.3, -0.25) is 9.69 Å². The van der Waals surface area contributed by atoms with E-state index in [1.807, 2.05) is 4.90 Å². The summed E-state index contributed by atoms with van der Waals surface area (Å²) in [5.74, 6) is 0.00826. The summed E-state index contributed by atoms with van der Waals surface area (Å²) >= 11 is 0. The Morgan fingerprint density at radius 1 is 1.10 bits per heavy atom. The fraction of sp³-hybridized carbons (Fsp3) is 0.929. The van der Waals surface area contributed by atoms with Crippen LogP contribution in [0.3, 0.4) is 0 Å². The van der Waals surface area contributed by atoms with Crippen molar-refractivity contribution < 1.29 is 18.3 Å². The molecule has 1 N–H and O–H groups in total. The van der Waals surface area contributed by atoms with Gasteiger partial charge in [-0.15, -0.1) is 0 Å². The molecule has 2 rings (SSSR count). The molecule has 1 atom stereocenters. The highest BCUT2D eigenvalue weighted by Crippen LogP contribution is 2.26. The molecule has 116 valence electrons. The lowest BCUT2D eigenvalue weighted by Crippen LogP contribution is -2.42. The van der Waals surface area contributed by atoms with Crippen LogP contribution in [0, 0.1) is 5.92 Å². The fourth-order valence-electron chi connectivity index (χ4n) is 3.46. The summed E-state index contributed by atoms with van der Waals surface area (Å²) in [5.41, 5.74) is 0. The Labute approximate surface area is 121 Å².